The number of amides is 1. The summed E-state index contributed by atoms with van der Waals surface area (Å²) < 4.78 is 16.4. The maximum Gasteiger partial charge on any atom is 0.308 e. The van der Waals surface area contributed by atoms with Gasteiger partial charge in [0.15, 0.2) is 11.4 Å². The van der Waals surface area contributed by atoms with Gasteiger partial charge in [0, 0.05) is 41.2 Å². The average Bonchev–Trinajstić information content (AvgIpc) is 2.73. The van der Waals surface area contributed by atoms with Crippen LogP contribution >= 0.6 is 23.2 Å². The van der Waals surface area contributed by atoms with Crippen molar-refractivity contribution in [3.8, 4) is 11.5 Å². The highest BCUT2D eigenvalue weighted by molar-refractivity contribution is 6.35. The van der Waals surface area contributed by atoms with Crippen molar-refractivity contribution in [1.82, 2.24) is 10.3 Å². The number of hydrogen-bond acceptors (Lipinski definition) is 6. The fourth-order valence-electron chi connectivity index (χ4n) is 3.65. The zero-order chi connectivity index (χ0) is 24.7. The van der Waals surface area contributed by atoms with Gasteiger partial charge in [-0.25, -0.2) is 4.98 Å². The number of aromatic nitrogens is 1. The van der Waals surface area contributed by atoms with Crippen molar-refractivity contribution in [1.29, 1.82) is 0 Å². The van der Waals surface area contributed by atoms with E-state index in [1.165, 1.54) is 26.3 Å². The van der Waals surface area contributed by atoms with E-state index >= 15 is 0 Å². The first kappa shape index (κ1) is 26.9. The number of nitrogens with zero attached hydrogens (tertiary/aromatic N) is 1. The van der Waals surface area contributed by atoms with Crippen LogP contribution < -0.4 is 14.8 Å². The highest BCUT2D eigenvalue weighted by Crippen LogP contribution is 2.35. The van der Waals surface area contributed by atoms with E-state index in [1.54, 1.807) is 6.07 Å². The predicted octanol–water partition coefficient (Wildman–Crippen LogP) is 5.29. The Morgan fingerprint density at radius 2 is 1.82 bits per heavy atom. The molecule has 1 amide bonds. The Balaban J connectivity index is 2.08. The maximum absolute atomic E-state index is 12.8. The van der Waals surface area contributed by atoms with E-state index < -0.39 is 11.9 Å². The van der Waals surface area contributed by atoms with Gasteiger partial charge in [0.1, 0.15) is 0 Å². The number of halogens is 2. The molecular weight excluding hydrogens is 467 g/mol. The number of carbonyl (C=O) groups excluding carboxylic acids is 2. The topological polar surface area (TPSA) is 86.8 Å². The maximum atomic E-state index is 12.8. The van der Waals surface area contributed by atoms with Crippen LogP contribution in [0.25, 0.3) is 0 Å². The van der Waals surface area contributed by atoms with Crippen LogP contribution in [-0.4, -0.2) is 42.7 Å². The molecule has 180 valence electrons. The molecule has 0 bridgehead atoms. The average molecular weight is 497 g/mol. The van der Waals surface area contributed by atoms with E-state index in [-0.39, 0.29) is 47.8 Å². The molecule has 0 saturated heterocycles. The Hall–Kier alpha value is -2.35. The van der Waals surface area contributed by atoms with Crippen molar-refractivity contribution in [3.05, 3.63) is 51.8 Å². The van der Waals surface area contributed by atoms with Crippen molar-refractivity contribution in [2.75, 3.05) is 13.7 Å². The number of methoxy groups -OCH3 is 1. The summed E-state index contributed by atoms with van der Waals surface area (Å²) >= 11 is 12.5. The highest BCUT2D eigenvalue weighted by atomic mass is 35.5. The van der Waals surface area contributed by atoms with E-state index in [4.69, 9.17) is 37.4 Å². The summed E-state index contributed by atoms with van der Waals surface area (Å²) in [5.74, 6) is -0.577. The van der Waals surface area contributed by atoms with Crippen LogP contribution in [0.15, 0.2) is 30.5 Å². The first-order chi connectivity index (χ1) is 15.5. The second-order valence-electron chi connectivity index (χ2n) is 8.13. The number of benzene rings is 1. The second-order valence-corrected chi connectivity index (χ2v) is 8.98. The SMILES string of the molecule is COc1ccnc(C(=O)N[C@@H](C)CO[C@@H](C)[C@H](c2ccc(Cl)cc2Cl)C(C)C)c1OC(C)=O. The van der Waals surface area contributed by atoms with Crippen LogP contribution in [0.2, 0.25) is 10.0 Å². The number of rotatable bonds is 10. The van der Waals surface area contributed by atoms with Crippen molar-refractivity contribution >= 4 is 35.1 Å². The Labute approximate surface area is 204 Å². The van der Waals surface area contributed by atoms with Crippen molar-refractivity contribution < 1.29 is 23.8 Å². The van der Waals surface area contributed by atoms with Gasteiger partial charge in [-0.2, -0.15) is 0 Å². The monoisotopic (exact) mass is 496 g/mol. The predicted molar refractivity (Wildman–Crippen MR) is 128 cm³/mol. The molecule has 0 spiro atoms. The summed E-state index contributed by atoms with van der Waals surface area (Å²) in [6.07, 6.45) is 1.24. The normalized spacial score (nSPS) is 13.8. The van der Waals surface area contributed by atoms with Gasteiger partial charge in [0.2, 0.25) is 5.75 Å². The smallest absolute Gasteiger partial charge is 0.308 e. The van der Waals surface area contributed by atoms with Crippen LogP contribution in [-0.2, 0) is 9.53 Å². The molecule has 0 aliphatic heterocycles. The molecule has 3 atom stereocenters. The van der Waals surface area contributed by atoms with E-state index in [2.05, 4.69) is 24.1 Å². The number of ether oxygens (including phenoxy) is 3. The van der Waals surface area contributed by atoms with Crippen molar-refractivity contribution in [2.24, 2.45) is 5.92 Å². The minimum absolute atomic E-state index is 0.0243. The first-order valence-corrected chi connectivity index (χ1v) is 11.4. The Morgan fingerprint density at radius 3 is 2.39 bits per heavy atom. The van der Waals surface area contributed by atoms with E-state index in [0.717, 1.165) is 5.56 Å². The molecular formula is C24H30Cl2N2O5. The van der Waals surface area contributed by atoms with Crippen LogP contribution in [0, 0.1) is 5.92 Å². The Kier molecular flexibility index (Phi) is 9.95. The number of pyridine rings is 1. The largest absolute Gasteiger partial charge is 0.493 e. The van der Waals surface area contributed by atoms with Gasteiger partial charge in [-0.3, -0.25) is 9.59 Å². The number of nitrogens with one attached hydrogen (secondary N) is 1. The molecule has 9 heteroatoms. The van der Waals surface area contributed by atoms with E-state index in [1.807, 2.05) is 26.0 Å². The minimum atomic E-state index is -0.582. The number of esters is 1. The zero-order valence-electron chi connectivity index (χ0n) is 19.6. The lowest BCUT2D eigenvalue weighted by molar-refractivity contribution is -0.132. The molecule has 2 rings (SSSR count). The molecule has 0 radical (unpaired) electrons. The Bertz CT molecular complexity index is 983. The molecule has 1 aromatic heterocycles. The summed E-state index contributed by atoms with van der Waals surface area (Å²) in [4.78, 5) is 28.3. The lowest BCUT2D eigenvalue weighted by Gasteiger charge is -2.30. The lowest BCUT2D eigenvalue weighted by atomic mass is 9.84. The fraction of sp³-hybridized carbons (Fsp3) is 0.458. The molecule has 1 heterocycles. The van der Waals surface area contributed by atoms with Gasteiger partial charge in [-0.05, 0) is 37.5 Å². The van der Waals surface area contributed by atoms with Gasteiger partial charge < -0.3 is 19.5 Å². The van der Waals surface area contributed by atoms with Gasteiger partial charge in [0.05, 0.1) is 19.8 Å². The van der Waals surface area contributed by atoms with Gasteiger partial charge >= 0.3 is 5.97 Å². The molecule has 1 aromatic carbocycles. The van der Waals surface area contributed by atoms with Crippen molar-refractivity contribution in [2.45, 2.75) is 52.7 Å². The third kappa shape index (κ3) is 7.32. The summed E-state index contributed by atoms with van der Waals surface area (Å²) in [5, 5.41) is 4.00. The third-order valence-electron chi connectivity index (χ3n) is 5.08. The number of carbonyl (C=O) groups is 2. The summed E-state index contributed by atoms with van der Waals surface area (Å²) in [7, 11) is 1.42. The fourth-order valence-corrected chi connectivity index (χ4v) is 4.19. The summed E-state index contributed by atoms with van der Waals surface area (Å²) in [6.45, 7) is 9.50. The molecule has 33 heavy (non-hydrogen) atoms. The van der Waals surface area contributed by atoms with Crippen LogP contribution in [0.3, 0.4) is 0 Å². The third-order valence-corrected chi connectivity index (χ3v) is 5.64. The Morgan fingerprint density at radius 1 is 1.12 bits per heavy atom. The van der Waals surface area contributed by atoms with E-state index in [0.29, 0.717) is 10.0 Å². The van der Waals surface area contributed by atoms with Crippen LogP contribution in [0.4, 0.5) is 0 Å². The summed E-state index contributed by atoms with van der Waals surface area (Å²) in [5.41, 5.74) is 0.921. The van der Waals surface area contributed by atoms with Crippen LogP contribution in [0.5, 0.6) is 11.5 Å². The standard InChI is InChI=1S/C24H30Cl2N2O5/c1-13(2)21(18-8-7-17(25)11-19(18)26)15(4)32-12-14(3)28-24(30)22-23(33-16(5)29)20(31-6)9-10-27-22/h7-11,13-15,21H,12H2,1-6H3,(H,28,30)/t14-,15-,21+/m0/s1. The van der Waals surface area contributed by atoms with Gasteiger partial charge in [-0.15, -0.1) is 0 Å². The molecule has 1 N–H and O–H groups in total. The van der Waals surface area contributed by atoms with Crippen molar-refractivity contribution in [3.63, 3.8) is 0 Å². The van der Waals surface area contributed by atoms with E-state index in [9.17, 15) is 9.59 Å². The van der Waals surface area contributed by atoms with Crippen LogP contribution in [0.1, 0.15) is 56.6 Å². The second kappa shape index (κ2) is 12.2. The molecule has 0 aliphatic rings. The summed E-state index contributed by atoms with van der Waals surface area (Å²) in [6, 6.07) is 6.63. The quantitative estimate of drug-likeness (QED) is 0.449. The molecule has 0 fully saturated rings. The molecule has 7 nitrogen and oxygen atoms in total. The molecule has 2 aromatic rings. The highest BCUT2D eigenvalue weighted by Gasteiger charge is 2.27. The number of hydrogen-bond donors (Lipinski definition) is 1. The minimum Gasteiger partial charge on any atom is -0.493 e. The molecule has 0 aliphatic carbocycles. The van der Waals surface area contributed by atoms with Gasteiger partial charge in [0.25, 0.3) is 5.91 Å². The zero-order valence-corrected chi connectivity index (χ0v) is 21.2. The molecule has 0 saturated carbocycles. The first-order valence-electron chi connectivity index (χ1n) is 10.6. The molecule has 0 unspecified atom stereocenters. The van der Waals surface area contributed by atoms with Gasteiger partial charge in [-0.1, -0.05) is 43.1 Å². The lowest BCUT2D eigenvalue weighted by Crippen LogP contribution is -2.38.